The molecule has 0 spiro atoms. The first-order chi connectivity index (χ1) is 9.24. The lowest BCUT2D eigenvalue weighted by atomic mass is 10.2. The van der Waals surface area contributed by atoms with Crippen molar-refractivity contribution in [2.45, 2.75) is 6.92 Å². The van der Waals surface area contributed by atoms with Gasteiger partial charge in [-0.1, -0.05) is 0 Å². The highest BCUT2D eigenvalue weighted by molar-refractivity contribution is 6.43. The molecule has 0 saturated heterocycles. The van der Waals surface area contributed by atoms with Crippen LogP contribution >= 0.6 is 0 Å². The highest BCUT2D eigenvalue weighted by Crippen LogP contribution is 2.16. The molecule has 0 aliphatic carbocycles. The number of hydrogen-bond donors (Lipinski definition) is 2. The van der Waals surface area contributed by atoms with Crippen molar-refractivity contribution in [2.24, 2.45) is 5.10 Å². The maximum Gasteiger partial charge on any atom is 0.369 e. The molecule has 0 aliphatic heterocycles. The number of nitrogens with zero attached hydrogens (tertiary/aromatic N) is 3. The van der Waals surface area contributed by atoms with E-state index in [2.05, 4.69) is 20.7 Å². The molecule has 1 aromatic heterocycles. The Morgan fingerprint density at radius 2 is 2.47 bits per heavy atom. The molecule has 0 aliphatic rings. The first-order valence-electron chi connectivity index (χ1n) is 5.58. The molecule has 0 saturated carbocycles. The van der Waals surface area contributed by atoms with Crippen molar-refractivity contribution < 1.29 is 9.53 Å². The molecule has 0 atom stereocenters. The Labute approximate surface area is 108 Å². The average molecular weight is 257 g/mol. The Bertz CT molecular complexity index is 668. The van der Waals surface area contributed by atoms with Gasteiger partial charge in [0.1, 0.15) is 6.07 Å². The molecule has 0 amide bonds. The van der Waals surface area contributed by atoms with Crippen LogP contribution in [-0.4, -0.2) is 28.5 Å². The van der Waals surface area contributed by atoms with Crippen LogP contribution in [0.15, 0.2) is 29.5 Å². The topological polar surface area (TPSA) is 103 Å². The van der Waals surface area contributed by atoms with Crippen molar-refractivity contribution in [3.05, 3.63) is 24.4 Å². The van der Waals surface area contributed by atoms with Gasteiger partial charge >= 0.3 is 5.97 Å². The van der Waals surface area contributed by atoms with Crippen LogP contribution in [0.5, 0.6) is 0 Å². The fourth-order valence-electron chi connectivity index (χ4n) is 1.44. The molecule has 1 heterocycles. The van der Waals surface area contributed by atoms with E-state index in [4.69, 9.17) is 10.00 Å². The zero-order valence-corrected chi connectivity index (χ0v) is 10.2. The monoisotopic (exact) mass is 257 g/mol. The van der Waals surface area contributed by atoms with E-state index in [-0.39, 0.29) is 12.3 Å². The molecule has 2 N–H and O–H groups in total. The minimum absolute atomic E-state index is 0.194. The van der Waals surface area contributed by atoms with Crippen LogP contribution in [0.25, 0.3) is 10.9 Å². The maximum absolute atomic E-state index is 11.3. The van der Waals surface area contributed by atoms with E-state index in [1.165, 1.54) is 0 Å². The van der Waals surface area contributed by atoms with Crippen molar-refractivity contribution in [3.63, 3.8) is 0 Å². The van der Waals surface area contributed by atoms with Gasteiger partial charge in [0.2, 0.25) is 5.71 Å². The Balaban J connectivity index is 2.15. The predicted octanol–water partition coefficient (Wildman–Crippen LogP) is 1.42. The lowest BCUT2D eigenvalue weighted by Gasteiger charge is -2.02. The second kappa shape index (κ2) is 5.64. The fraction of sp³-hybridized carbons (Fsp3) is 0.167. The SMILES string of the molecule is CCOC(=O)/C(C#N)=N\Nc1ccc2cn[nH]c2c1. The number of rotatable bonds is 4. The number of hydrazone groups is 1. The van der Waals surface area contributed by atoms with Crippen LogP contribution in [0.4, 0.5) is 5.69 Å². The summed E-state index contributed by atoms with van der Waals surface area (Å²) in [5, 5.41) is 20.2. The van der Waals surface area contributed by atoms with E-state index in [1.807, 2.05) is 6.07 Å². The predicted molar refractivity (Wildman–Crippen MR) is 69.4 cm³/mol. The van der Waals surface area contributed by atoms with Gasteiger partial charge in [-0.05, 0) is 25.1 Å². The van der Waals surface area contributed by atoms with Gasteiger partial charge in [0, 0.05) is 5.39 Å². The summed E-state index contributed by atoms with van der Waals surface area (Å²) in [5.74, 6) is -0.750. The van der Waals surface area contributed by atoms with Crippen LogP contribution in [0.3, 0.4) is 0 Å². The number of fused-ring (bicyclic) bond motifs is 1. The van der Waals surface area contributed by atoms with Gasteiger partial charge in [-0.2, -0.15) is 15.5 Å². The Kier molecular flexibility index (Phi) is 3.73. The number of nitrogens with one attached hydrogen (secondary N) is 2. The highest BCUT2D eigenvalue weighted by atomic mass is 16.5. The summed E-state index contributed by atoms with van der Waals surface area (Å²) in [6, 6.07) is 7.06. The van der Waals surface area contributed by atoms with Crippen LogP contribution in [0, 0.1) is 11.3 Å². The number of H-pyrrole nitrogens is 1. The molecule has 1 aromatic carbocycles. The quantitative estimate of drug-likeness (QED) is 0.489. The molecule has 7 nitrogen and oxygen atoms in total. The number of esters is 1. The number of anilines is 1. The number of nitriles is 1. The van der Waals surface area contributed by atoms with E-state index in [0.29, 0.717) is 5.69 Å². The van der Waals surface area contributed by atoms with E-state index < -0.39 is 5.97 Å². The first-order valence-corrected chi connectivity index (χ1v) is 5.58. The number of aromatic nitrogens is 2. The zero-order chi connectivity index (χ0) is 13.7. The van der Waals surface area contributed by atoms with E-state index in [1.54, 1.807) is 31.3 Å². The minimum Gasteiger partial charge on any atom is -0.461 e. The second-order valence-corrected chi connectivity index (χ2v) is 3.58. The van der Waals surface area contributed by atoms with Crippen LogP contribution in [0.1, 0.15) is 6.92 Å². The lowest BCUT2D eigenvalue weighted by Crippen LogP contribution is -2.17. The molecule has 96 valence electrons. The van der Waals surface area contributed by atoms with Crippen molar-refractivity contribution in [1.29, 1.82) is 5.26 Å². The molecule has 2 rings (SSSR count). The molecule has 7 heteroatoms. The molecular formula is C12H11N5O2. The summed E-state index contributed by atoms with van der Waals surface area (Å²) in [4.78, 5) is 11.3. The molecule has 2 aromatic rings. The number of ether oxygens (including phenoxy) is 1. The van der Waals surface area contributed by atoms with Crippen LogP contribution in [0.2, 0.25) is 0 Å². The normalized spacial score (nSPS) is 11.1. The van der Waals surface area contributed by atoms with Gasteiger partial charge in [0.05, 0.1) is 24.0 Å². The minimum atomic E-state index is -0.750. The summed E-state index contributed by atoms with van der Waals surface area (Å²) >= 11 is 0. The third-order valence-corrected chi connectivity index (χ3v) is 2.31. The highest BCUT2D eigenvalue weighted by Gasteiger charge is 2.11. The zero-order valence-electron chi connectivity index (χ0n) is 10.2. The van der Waals surface area contributed by atoms with E-state index in [0.717, 1.165) is 10.9 Å². The summed E-state index contributed by atoms with van der Waals surface area (Å²) < 4.78 is 4.69. The molecule has 0 unspecified atom stereocenters. The van der Waals surface area contributed by atoms with Crippen molar-refractivity contribution in [3.8, 4) is 6.07 Å². The number of aromatic amines is 1. The molecule has 0 radical (unpaired) electrons. The number of benzene rings is 1. The Hall–Kier alpha value is -2.88. The van der Waals surface area contributed by atoms with Gasteiger partial charge in [0.25, 0.3) is 0 Å². The van der Waals surface area contributed by atoms with E-state index >= 15 is 0 Å². The standard InChI is InChI=1S/C12H11N5O2/c1-2-19-12(18)11(6-13)17-15-9-4-3-8-7-14-16-10(8)5-9/h3-5,7,15H,2H2,1H3,(H,14,16)/b17-11-. The van der Waals surface area contributed by atoms with Crippen LogP contribution < -0.4 is 5.43 Å². The lowest BCUT2D eigenvalue weighted by molar-refractivity contribution is -0.134. The molecule has 0 fully saturated rings. The summed E-state index contributed by atoms with van der Waals surface area (Å²) in [7, 11) is 0. The Morgan fingerprint density at radius 1 is 1.63 bits per heavy atom. The fourth-order valence-corrected chi connectivity index (χ4v) is 1.44. The van der Waals surface area contributed by atoms with Gasteiger partial charge in [-0.25, -0.2) is 4.79 Å². The number of carbonyl (C=O) groups is 1. The van der Waals surface area contributed by atoms with Gasteiger partial charge in [-0.3, -0.25) is 10.5 Å². The average Bonchev–Trinajstić information content (AvgIpc) is 2.87. The van der Waals surface area contributed by atoms with E-state index in [9.17, 15) is 4.79 Å². The van der Waals surface area contributed by atoms with Crippen molar-refractivity contribution in [2.75, 3.05) is 12.0 Å². The number of hydrogen-bond acceptors (Lipinski definition) is 6. The van der Waals surface area contributed by atoms with Gasteiger partial charge < -0.3 is 4.74 Å². The smallest absolute Gasteiger partial charge is 0.369 e. The summed E-state index contributed by atoms with van der Waals surface area (Å²) in [6.07, 6.45) is 1.70. The third kappa shape index (κ3) is 2.87. The molecular weight excluding hydrogens is 246 g/mol. The second-order valence-electron chi connectivity index (χ2n) is 3.58. The first kappa shape index (κ1) is 12.6. The third-order valence-electron chi connectivity index (χ3n) is 2.31. The Morgan fingerprint density at radius 3 is 3.21 bits per heavy atom. The van der Waals surface area contributed by atoms with Crippen molar-refractivity contribution >= 4 is 28.3 Å². The van der Waals surface area contributed by atoms with Gasteiger partial charge in [-0.15, -0.1) is 0 Å². The molecule has 19 heavy (non-hydrogen) atoms. The van der Waals surface area contributed by atoms with Crippen LogP contribution in [-0.2, 0) is 9.53 Å². The molecule has 0 bridgehead atoms. The van der Waals surface area contributed by atoms with Gasteiger partial charge in [0.15, 0.2) is 0 Å². The number of carbonyl (C=O) groups excluding carboxylic acids is 1. The summed E-state index contributed by atoms with van der Waals surface area (Å²) in [5.41, 5.74) is 3.77. The summed E-state index contributed by atoms with van der Waals surface area (Å²) in [6.45, 7) is 1.85. The van der Waals surface area contributed by atoms with Crippen molar-refractivity contribution in [1.82, 2.24) is 10.2 Å². The largest absolute Gasteiger partial charge is 0.461 e. The maximum atomic E-state index is 11.3.